The van der Waals surface area contributed by atoms with E-state index < -0.39 is 10.3 Å². The lowest BCUT2D eigenvalue weighted by atomic mass is 9.91. The Labute approximate surface area is 122 Å². The number of aromatic nitrogens is 4. The Balaban J connectivity index is 2.74. The summed E-state index contributed by atoms with van der Waals surface area (Å²) >= 11 is 0. The van der Waals surface area contributed by atoms with Gasteiger partial charge in [0, 0.05) is 16.8 Å². The zero-order valence-corrected chi connectivity index (χ0v) is 12.7. The van der Waals surface area contributed by atoms with Crippen molar-refractivity contribution < 1.29 is 4.92 Å². The minimum atomic E-state index is -0.513. The normalized spacial score (nSPS) is 11.7. The number of nitrogens with zero attached hydrogens (tertiary/aromatic N) is 5. The van der Waals surface area contributed by atoms with Crippen molar-refractivity contribution in [2.24, 2.45) is 0 Å². The van der Waals surface area contributed by atoms with Gasteiger partial charge in [0.05, 0.1) is 4.92 Å². The summed E-state index contributed by atoms with van der Waals surface area (Å²) in [6, 6.07) is 1.81. The molecule has 112 valence electrons. The van der Waals surface area contributed by atoms with Crippen molar-refractivity contribution in [3.8, 4) is 5.95 Å². The van der Waals surface area contributed by atoms with Gasteiger partial charge in [-0.25, -0.2) is 9.97 Å². The standard InChI is InChI=1S/C13H18N6O2/c1-7-6-8(2)16-12(15-7)18-11(14)9(19(20)21)10(17-18)13(3,4)5/h6H,14H2,1-5H3. The van der Waals surface area contributed by atoms with E-state index in [1.165, 1.54) is 4.68 Å². The van der Waals surface area contributed by atoms with Crippen molar-refractivity contribution in [3.63, 3.8) is 0 Å². The van der Waals surface area contributed by atoms with Gasteiger partial charge in [-0.15, -0.1) is 0 Å². The largest absolute Gasteiger partial charge is 0.378 e. The smallest absolute Gasteiger partial charge is 0.334 e. The van der Waals surface area contributed by atoms with Crippen LogP contribution in [0.1, 0.15) is 37.9 Å². The van der Waals surface area contributed by atoms with Crippen LogP contribution in [0.15, 0.2) is 6.07 Å². The highest BCUT2D eigenvalue weighted by Crippen LogP contribution is 2.35. The fourth-order valence-corrected chi connectivity index (χ4v) is 2.06. The van der Waals surface area contributed by atoms with Crippen LogP contribution in [-0.4, -0.2) is 24.7 Å². The third-order valence-electron chi connectivity index (χ3n) is 2.95. The molecule has 0 saturated heterocycles. The van der Waals surface area contributed by atoms with E-state index in [4.69, 9.17) is 5.73 Å². The second-order valence-electron chi connectivity index (χ2n) is 5.95. The van der Waals surface area contributed by atoms with Crippen LogP contribution in [0.4, 0.5) is 11.5 Å². The summed E-state index contributed by atoms with van der Waals surface area (Å²) in [5, 5.41) is 15.6. The average Bonchev–Trinajstić information content (AvgIpc) is 2.65. The number of anilines is 1. The fraction of sp³-hybridized carbons (Fsp3) is 0.462. The number of nitrogen functional groups attached to an aromatic ring is 1. The van der Waals surface area contributed by atoms with E-state index >= 15 is 0 Å². The van der Waals surface area contributed by atoms with Crippen molar-refractivity contribution in [2.45, 2.75) is 40.0 Å². The molecule has 0 aliphatic rings. The van der Waals surface area contributed by atoms with Crippen molar-refractivity contribution >= 4 is 11.5 Å². The van der Waals surface area contributed by atoms with Crippen molar-refractivity contribution in [3.05, 3.63) is 33.3 Å². The monoisotopic (exact) mass is 290 g/mol. The topological polar surface area (TPSA) is 113 Å². The quantitative estimate of drug-likeness (QED) is 0.669. The molecule has 0 aromatic carbocycles. The van der Waals surface area contributed by atoms with Gasteiger partial charge >= 0.3 is 5.69 Å². The summed E-state index contributed by atoms with van der Waals surface area (Å²) < 4.78 is 1.23. The zero-order chi connectivity index (χ0) is 15.9. The first-order chi connectivity index (χ1) is 9.61. The highest BCUT2D eigenvalue weighted by Gasteiger charge is 2.34. The lowest BCUT2D eigenvalue weighted by Gasteiger charge is -2.13. The maximum atomic E-state index is 11.3. The van der Waals surface area contributed by atoms with E-state index in [1.54, 1.807) is 0 Å². The predicted octanol–water partition coefficient (Wildman–Crippen LogP) is 2.07. The number of nitrogens with two attached hydrogens (primary N) is 1. The van der Waals surface area contributed by atoms with Gasteiger partial charge in [-0.1, -0.05) is 20.8 Å². The molecule has 0 fully saturated rings. The number of hydrogen-bond acceptors (Lipinski definition) is 6. The van der Waals surface area contributed by atoms with Gasteiger partial charge in [0.2, 0.25) is 5.82 Å². The van der Waals surface area contributed by atoms with Crippen LogP contribution < -0.4 is 5.73 Å². The van der Waals surface area contributed by atoms with E-state index in [-0.39, 0.29) is 17.5 Å². The second-order valence-corrected chi connectivity index (χ2v) is 5.95. The molecule has 8 heteroatoms. The molecule has 2 N–H and O–H groups in total. The maximum absolute atomic E-state index is 11.3. The van der Waals surface area contributed by atoms with Crippen molar-refractivity contribution in [1.82, 2.24) is 19.7 Å². The summed E-state index contributed by atoms with van der Waals surface area (Å²) in [7, 11) is 0. The van der Waals surface area contributed by atoms with Gasteiger partial charge in [-0.3, -0.25) is 10.1 Å². The van der Waals surface area contributed by atoms with Gasteiger partial charge < -0.3 is 5.73 Å². The van der Waals surface area contributed by atoms with Crippen molar-refractivity contribution in [1.29, 1.82) is 0 Å². The first-order valence-corrected chi connectivity index (χ1v) is 6.47. The van der Waals surface area contributed by atoms with E-state index in [0.29, 0.717) is 5.69 Å². The molecule has 21 heavy (non-hydrogen) atoms. The molecule has 2 aromatic heterocycles. The molecule has 0 aliphatic heterocycles. The Bertz CT molecular complexity index is 694. The summed E-state index contributed by atoms with van der Waals surface area (Å²) in [5.41, 5.74) is 7.01. The van der Waals surface area contributed by atoms with E-state index in [0.717, 1.165) is 11.4 Å². The lowest BCUT2D eigenvalue weighted by molar-refractivity contribution is -0.385. The molecule has 0 aliphatic carbocycles. The Hall–Kier alpha value is -2.51. The molecule has 2 aromatic rings. The summed E-state index contributed by atoms with van der Waals surface area (Å²) in [6.45, 7) is 9.16. The van der Waals surface area contributed by atoms with Crippen LogP contribution in [-0.2, 0) is 5.41 Å². The molecule has 0 radical (unpaired) electrons. The maximum Gasteiger partial charge on any atom is 0.334 e. The van der Waals surface area contributed by atoms with Crippen LogP contribution in [0, 0.1) is 24.0 Å². The van der Waals surface area contributed by atoms with Crippen LogP contribution in [0.25, 0.3) is 5.95 Å². The lowest BCUT2D eigenvalue weighted by Crippen LogP contribution is -2.15. The molecular weight excluding hydrogens is 272 g/mol. The Morgan fingerprint density at radius 1 is 1.24 bits per heavy atom. The number of hydrogen-bond donors (Lipinski definition) is 1. The van der Waals surface area contributed by atoms with Crippen LogP contribution in [0.2, 0.25) is 0 Å². The van der Waals surface area contributed by atoms with Gasteiger partial charge in [0.15, 0.2) is 0 Å². The molecule has 0 bridgehead atoms. The minimum Gasteiger partial charge on any atom is -0.378 e. The highest BCUT2D eigenvalue weighted by molar-refractivity contribution is 5.60. The molecule has 0 saturated carbocycles. The molecule has 8 nitrogen and oxygen atoms in total. The first kappa shape index (κ1) is 14.9. The third-order valence-corrected chi connectivity index (χ3v) is 2.95. The fourth-order valence-electron chi connectivity index (χ4n) is 2.06. The predicted molar refractivity (Wildman–Crippen MR) is 78.4 cm³/mol. The first-order valence-electron chi connectivity index (χ1n) is 6.47. The third kappa shape index (κ3) is 2.69. The molecule has 0 spiro atoms. The minimum absolute atomic E-state index is 0.0603. The van der Waals surface area contributed by atoms with E-state index in [2.05, 4.69) is 15.1 Å². The van der Waals surface area contributed by atoms with Crippen LogP contribution >= 0.6 is 0 Å². The van der Waals surface area contributed by atoms with E-state index in [1.807, 2.05) is 40.7 Å². The van der Waals surface area contributed by atoms with Gasteiger partial charge in [0.1, 0.15) is 5.69 Å². The van der Waals surface area contributed by atoms with Gasteiger partial charge in [-0.2, -0.15) is 9.78 Å². The molecule has 0 atom stereocenters. The molecule has 0 amide bonds. The summed E-state index contributed by atoms with van der Waals surface area (Å²) in [5.74, 6) is 0.179. The second kappa shape index (κ2) is 4.80. The van der Waals surface area contributed by atoms with E-state index in [9.17, 15) is 10.1 Å². The Morgan fingerprint density at radius 2 is 1.76 bits per heavy atom. The molecule has 2 heterocycles. The SMILES string of the molecule is Cc1cc(C)nc(-n2nc(C(C)(C)C)c([N+](=O)[O-])c2N)n1. The zero-order valence-electron chi connectivity index (χ0n) is 12.7. The van der Waals surface area contributed by atoms with Gasteiger partial charge in [-0.05, 0) is 19.9 Å². The number of aryl methyl sites for hydroxylation is 2. The van der Waals surface area contributed by atoms with Crippen molar-refractivity contribution in [2.75, 3.05) is 5.73 Å². The Kier molecular flexibility index (Phi) is 3.40. The highest BCUT2D eigenvalue weighted by atomic mass is 16.6. The number of rotatable bonds is 2. The number of nitro groups is 1. The Morgan fingerprint density at radius 3 is 2.14 bits per heavy atom. The molecular formula is C13H18N6O2. The van der Waals surface area contributed by atoms with Crippen LogP contribution in [0.3, 0.4) is 0 Å². The summed E-state index contributed by atoms with van der Waals surface area (Å²) in [6.07, 6.45) is 0. The average molecular weight is 290 g/mol. The van der Waals surface area contributed by atoms with Gasteiger partial charge in [0.25, 0.3) is 5.95 Å². The summed E-state index contributed by atoms with van der Waals surface area (Å²) in [4.78, 5) is 19.3. The molecule has 2 rings (SSSR count). The molecule has 0 unspecified atom stereocenters. The van der Waals surface area contributed by atoms with Crippen LogP contribution in [0.5, 0.6) is 0 Å².